The average Bonchev–Trinajstić information content (AvgIpc) is 3.39. The third-order valence-corrected chi connectivity index (χ3v) is 4.14. The van der Waals surface area contributed by atoms with E-state index in [1.54, 1.807) is 34.9 Å². The summed E-state index contributed by atoms with van der Waals surface area (Å²) in [6.45, 7) is 3.89. The molecule has 3 aromatic rings. The number of rotatable bonds is 4. The Morgan fingerprint density at radius 2 is 1.93 bits per heavy atom. The Kier molecular flexibility index (Phi) is 6.44. The maximum Gasteiger partial charge on any atom is 0.262 e. The standard InChI is InChI=1S/C16H16N4O3.C4H8O/c1-10-8-20-9-11(12(22-2)7-14(20)17-10)16(21)19-13-5-4-6-15(18-13)23-3;1-2-4-5-3-1/h4-9H,1-3H3,(H,18,19,21);1-4H2. The third-order valence-electron chi connectivity index (χ3n) is 4.14. The van der Waals surface area contributed by atoms with Crippen LogP contribution in [0.15, 0.2) is 36.7 Å². The van der Waals surface area contributed by atoms with Gasteiger partial charge < -0.3 is 23.9 Å². The Balaban J connectivity index is 0.000000391. The Hall–Kier alpha value is -3.13. The fourth-order valence-corrected chi connectivity index (χ4v) is 2.77. The van der Waals surface area contributed by atoms with Crippen molar-refractivity contribution in [3.05, 3.63) is 47.9 Å². The number of nitrogens with one attached hydrogen (secondary N) is 1. The predicted molar refractivity (Wildman–Crippen MR) is 105 cm³/mol. The van der Waals surface area contributed by atoms with Crippen molar-refractivity contribution in [2.75, 3.05) is 32.8 Å². The molecule has 1 aliphatic heterocycles. The molecule has 3 aromatic heterocycles. The molecule has 28 heavy (non-hydrogen) atoms. The van der Waals surface area contributed by atoms with E-state index in [-0.39, 0.29) is 5.91 Å². The van der Waals surface area contributed by atoms with Crippen LogP contribution in [0.3, 0.4) is 0 Å². The molecule has 0 aromatic carbocycles. The van der Waals surface area contributed by atoms with Gasteiger partial charge in [-0.15, -0.1) is 0 Å². The Morgan fingerprint density at radius 3 is 2.57 bits per heavy atom. The van der Waals surface area contributed by atoms with Crippen molar-refractivity contribution in [3.8, 4) is 11.6 Å². The van der Waals surface area contributed by atoms with Crippen molar-refractivity contribution in [1.29, 1.82) is 0 Å². The fraction of sp³-hybridized carbons (Fsp3) is 0.350. The average molecular weight is 384 g/mol. The molecule has 8 heteroatoms. The molecule has 1 aliphatic rings. The van der Waals surface area contributed by atoms with Crippen LogP contribution in [0, 0.1) is 6.92 Å². The van der Waals surface area contributed by atoms with Crippen molar-refractivity contribution in [3.63, 3.8) is 0 Å². The highest BCUT2D eigenvalue weighted by Crippen LogP contribution is 2.22. The van der Waals surface area contributed by atoms with Gasteiger partial charge in [-0.05, 0) is 25.8 Å². The molecule has 1 saturated heterocycles. The van der Waals surface area contributed by atoms with E-state index in [0.29, 0.717) is 23.0 Å². The van der Waals surface area contributed by atoms with Crippen LogP contribution in [0.4, 0.5) is 5.82 Å². The summed E-state index contributed by atoms with van der Waals surface area (Å²) < 4.78 is 17.1. The van der Waals surface area contributed by atoms with Crippen LogP contribution in [0.2, 0.25) is 0 Å². The first-order valence-electron chi connectivity index (χ1n) is 9.04. The van der Waals surface area contributed by atoms with E-state index in [2.05, 4.69) is 15.3 Å². The molecule has 0 atom stereocenters. The molecule has 4 heterocycles. The van der Waals surface area contributed by atoms with Gasteiger partial charge in [-0.25, -0.2) is 4.98 Å². The van der Waals surface area contributed by atoms with Crippen LogP contribution in [0.1, 0.15) is 28.9 Å². The molecule has 0 saturated carbocycles. The normalized spacial score (nSPS) is 13.0. The zero-order valence-electron chi connectivity index (χ0n) is 16.3. The number of amides is 1. The van der Waals surface area contributed by atoms with Gasteiger partial charge in [-0.1, -0.05) is 6.07 Å². The number of aryl methyl sites for hydroxylation is 1. The second kappa shape index (κ2) is 9.18. The number of methoxy groups -OCH3 is 2. The molecule has 1 fully saturated rings. The number of fused-ring (bicyclic) bond motifs is 1. The maximum atomic E-state index is 12.5. The number of carbonyl (C=O) groups excluding carboxylic acids is 1. The molecule has 4 rings (SSSR count). The monoisotopic (exact) mass is 384 g/mol. The highest BCUT2D eigenvalue weighted by Gasteiger charge is 2.16. The molecule has 1 amide bonds. The van der Waals surface area contributed by atoms with Crippen LogP contribution < -0.4 is 14.8 Å². The molecule has 0 bridgehead atoms. The van der Waals surface area contributed by atoms with Gasteiger partial charge in [0.2, 0.25) is 5.88 Å². The smallest absolute Gasteiger partial charge is 0.262 e. The lowest BCUT2D eigenvalue weighted by Gasteiger charge is -2.10. The number of nitrogens with zero attached hydrogens (tertiary/aromatic N) is 3. The molecular weight excluding hydrogens is 360 g/mol. The van der Waals surface area contributed by atoms with Gasteiger partial charge in [0.05, 0.1) is 25.5 Å². The minimum absolute atomic E-state index is 0.323. The number of ether oxygens (including phenoxy) is 3. The summed E-state index contributed by atoms with van der Waals surface area (Å²) in [5, 5.41) is 2.74. The predicted octanol–water partition coefficient (Wildman–Crippen LogP) is 3.10. The molecule has 1 N–H and O–H groups in total. The Bertz CT molecular complexity index is 943. The summed E-state index contributed by atoms with van der Waals surface area (Å²) in [6.07, 6.45) is 6.08. The van der Waals surface area contributed by atoms with Gasteiger partial charge in [0, 0.05) is 37.7 Å². The highest BCUT2D eigenvalue weighted by atomic mass is 16.5. The molecular formula is C20H24N4O4. The molecule has 0 spiro atoms. The van der Waals surface area contributed by atoms with Crippen LogP contribution in [-0.4, -0.2) is 47.7 Å². The lowest BCUT2D eigenvalue weighted by Crippen LogP contribution is -2.15. The molecule has 0 radical (unpaired) electrons. The summed E-state index contributed by atoms with van der Waals surface area (Å²) in [7, 11) is 3.04. The first-order valence-corrected chi connectivity index (χ1v) is 9.04. The number of imidazole rings is 1. The van der Waals surface area contributed by atoms with Gasteiger partial charge in [0.25, 0.3) is 5.91 Å². The molecule has 148 valence electrons. The number of aromatic nitrogens is 3. The van der Waals surface area contributed by atoms with Gasteiger partial charge in [0.1, 0.15) is 17.2 Å². The fourth-order valence-electron chi connectivity index (χ4n) is 2.77. The van der Waals surface area contributed by atoms with E-state index >= 15 is 0 Å². The maximum absolute atomic E-state index is 12.5. The molecule has 0 aliphatic carbocycles. The zero-order valence-corrected chi connectivity index (χ0v) is 16.3. The van der Waals surface area contributed by atoms with Crippen LogP contribution in [-0.2, 0) is 4.74 Å². The summed E-state index contributed by atoms with van der Waals surface area (Å²) >= 11 is 0. The number of hydrogen-bond donors (Lipinski definition) is 1. The number of carbonyl (C=O) groups is 1. The molecule has 0 unspecified atom stereocenters. The van der Waals surface area contributed by atoms with Gasteiger partial charge in [-0.2, -0.15) is 4.98 Å². The third kappa shape index (κ3) is 4.77. The Morgan fingerprint density at radius 1 is 1.14 bits per heavy atom. The van der Waals surface area contributed by atoms with Crippen LogP contribution in [0.25, 0.3) is 5.65 Å². The zero-order chi connectivity index (χ0) is 19.9. The number of pyridine rings is 2. The lowest BCUT2D eigenvalue weighted by molar-refractivity contribution is 0.102. The van der Waals surface area contributed by atoms with E-state index in [1.165, 1.54) is 27.1 Å². The van der Waals surface area contributed by atoms with E-state index in [4.69, 9.17) is 14.2 Å². The first-order chi connectivity index (χ1) is 13.6. The van der Waals surface area contributed by atoms with Gasteiger partial charge >= 0.3 is 0 Å². The number of anilines is 1. The summed E-state index contributed by atoms with van der Waals surface area (Å²) in [5.74, 6) is 0.952. The second-order valence-corrected chi connectivity index (χ2v) is 6.24. The summed E-state index contributed by atoms with van der Waals surface area (Å²) in [6, 6.07) is 6.87. The topological polar surface area (TPSA) is 87.0 Å². The van der Waals surface area contributed by atoms with Crippen molar-refractivity contribution >= 4 is 17.4 Å². The van der Waals surface area contributed by atoms with Crippen molar-refractivity contribution in [1.82, 2.24) is 14.4 Å². The van der Waals surface area contributed by atoms with Crippen LogP contribution in [0.5, 0.6) is 11.6 Å². The summed E-state index contributed by atoms with van der Waals surface area (Å²) in [5.41, 5.74) is 1.97. The van der Waals surface area contributed by atoms with E-state index in [0.717, 1.165) is 24.6 Å². The first kappa shape index (κ1) is 19.6. The number of hydrogen-bond acceptors (Lipinski definition) is 6. The largest absolute Gasteiger partial charge is 0.496 e. The highest BCUT2D eigenvalue weighted by molar-refractivity contribution is 6.05. The van der Waals surface area contributed by atoms with E-state index in [1.807, 2.05) is 13.1 Å². The van der Waals surface area contributed by atoms with Crippen molar-refractivity contribution in [2.24, 2.45) is 0 Å². The van der Waals surface area contributed by atoms with Crippen molar-refractivity contribution in [2.45, 2.75) is 19.8 Å². The minimum atomic E-state index is -0.323. The van der Waals surface area contributed by atoms with E-state index in [9.17, 15) is 4.79 Å². The van der Waals surface area contributed by atoms with Gasteiger partial charge in [-0.3, -0.25) is 4.79 Å². The lowest BCUT2D eigenvalue weighted by atomic mass is 10.2. The van der Waals surface area contributed by atoms with Gasteiger partial charge in [0.15, 0.2) is 0 Å². The van der Waals surface area contributed by atoms with Crippen molar-refractivity contribution < 1.29 is 19.0 Å². The SMILES string of the molecule is C1CCOC1.COc1cccc(NC(=O)c2cn3cc(C)nc3cc2OC)n1. The summed E-state index contributed by atoms with van der Waals surface area (Å²) in [4.78, 5) is 21.1. The Labute approximate surface area is 163 Å². The van der Waals surface area contributed by atoms with E-state index < -0.39 is 0 Å². The second-order valence-electron chi connectivity index (χ2n) is 6.24. The quantitative estimate of drug-likeness (QED) is 0.744. The molecule has 8 nitrogen and oxygen atoms in total. The van der Waals surface area contributed by atoms with Crippen LogP contribution >= 0.6 is 0 Å². The minimum Gasteiger partial charge on any atom is -0.496 e.